The van der Waals surface area contributed by atoms with Gasteiger partial charge in [-0.05, 0) is 31.0 Å². The molecule has 0 radical (unpaired) electrons. The number of carbonyl (C=O) groups excluding carboxylic acids is 2. The maximum atomic E-state index is 12.4. The Hall–Kier alpha value is -2.41. The zero-order valence-corrected chi connectivity index (χ0v) is 13.7. The van der Waals surface area contributed by atoms with Crippen LogP contribution in [0.5, 0.6) is 0 Å². The quantitative estimate of drug-likeness (QED) is 0.865. The molecule has 1 fully saturated rings. The number of carbonyl (C=O) groups is 2. The van der Waals surface area contributed by atoms with Gasteiger partial charge in [-0.2, -0.15) is 0 Å². The molecular formula is C17H22N4O3. The maximum Gasteiger partial charge on any atom is 0.251 e. The Kier molecular flexibility index (Phi) is 5.10. The molecule has 2 heterocycles. The highest BCUT2D eigenvalue weighted by atomic mass is 16.5. The number of amides is 2. The molecule has 3 rings (SSSR count). The molecule has 0 spiro atoms. The monoisotopic (exact) mass is 330 g/mol. The predicted octanol–water partition coefficient (Wildman–Crippen LogP) is 1.32. The number of fused-ring (bicyclic) bond motifs is 1. The molecule has 2 N–H and O–H groups in total. The van der Waals surface area contributed by atoms with Crippen LogP contribution in [0, 0.1) is 0 Å². The van der Waals surface area contributed by atoms with Gasteiger partial charge in [-0.15, -0.1) is 0 Å². The van der Waals surface area contributed by atoms with E-state index in [0.717, 1.165) is 23.9 Å². The second-order valence-electron chi connectivity index (χ2n) is 6.01. The Bertz CT molecular complexity index is 719. The summed E-state index contributed by atoms with van der Waals surface area (Å²) in [5.74, 6) is 0.0296. The molecule has 0 bridgehead atoms. The molecule has 0 saturated carbocycles. The van der Waals surface area contributed by atoms with E-state index in [0.29, 0.717) is 31.7 Å². The highest BCUT2D eigenvalue weighted by Gasteiger charge is 2.24. The van der Waals surface area contributed by atoms with Gasteiger partial charge < -0.3 is 19.9 Å². The largest absolute Gasteiger partial charge is 0.384 e. The SMILES string of the molecule is COCCC(=O)N1CCC(NC(=O)c2ccc3nc[nH]c3c2)CC1. The van der Waals surface area contributed by atoms with E-state index in [-0.39, 0.29) is 17.9 Å². The van der Waals surface area contributed by atoms with Crippen molar-refractivity contribution < 1.29 is 14.3 Å². The van der Waals surface area contributed by atoms with E-state index < -0.39 is 0 Å². The lowest BCUT2D eigenvalue weighted by molar-refractivity contribution is -0.133. The lowest BCUT2D eigenvalue weighted by Crippen LogP contribution is -2.46. The molecule has 1 aliphatic rings. The number of hydrogen-bond donors (Lipinski definition) is 2. The van der Waals surface area contributed by atoms with Crippen LogP contribution in [0.1, 0.15) is 29.6 Å². The number of H-pyrrole nitrogens is 1. The number of aromatic nitrogens is 2. The summed E-state index contributed by atoms with van der Waals surface area (Å²) in [5, 5.41) is 3.06. The second kappa shape index (κ2) is 7.44. The maximum absolute atomic E-state index is 12.4. The summed E-state index contributed by atoms with van der Waals surface area (Å²) in [6.07, 6.45) is 3.58. The Balaban J connectivity index is 1.52. The third kappa shape index (κ3) is 3.73. The highest BCUT2D eigenvalue weighted by Crippen LogP contribution is 2.15. The first kappa shape index (κ1) is 16.4. The summed E-state index contributed by atoms with van der Waals surface area (Å²) >= 11 is 0. The van der Waals surface area contributed by atoms with Crippen LogP contribution in [0.2, 0.25) is 0 Å². The number of aromatic amines is 1. The fourth-order valence-electron chi connectivity index (χ4n) is 2.97. The van der Waals surface area contributed by atoms with Crippen molar-refractivity contribution in [1.29, 1.82) is 0 Å². The molecule has 24 heavy (non-hydrogen) atoms. The van der Waals surface area contributed by atoms with Crippen LogP contribution in [0.4, 0.5) is 0 Å². The number of methoxy groups -OCH3 is 1. The number of likely N-dealkylation sites (tertiary alicyclic amines) is 1. The normalized spacial score (nSPS) is 15.6. The number of rotatable bonds is 5. The van der Waals surface area contributed by atoms with Gasteiger partial charge in [0.05, 0.1) is 30.4 Å². The summed E-state index contributed by atoms with van der Waals surface area (Å²) in [6.45, 7) is 1.80. The topological polar surface area (TPSA) is 87.3 Å². The first-order valence-corrected chi connectivity index (χ1v) is 8.18. The van der Waals surface area contributed by atoms with Gasteiger partial charge >= 0.3 is 0 Å². The standard InChI is InChI=1S/C17H22N4O3/c1-24-9-6-16(22)21-7-4-13(5-8-21)20-17(23)12-2-3-14-15(10-12)19-11-18-14/h2-3,10-11,13H,4-9H2,1H3,(H,18,19)(H,20,23). The molecule has 1 aromatic carbocycles. The van der Waals surface area contributed by atoms with E-state index in [9.17, 15) is 9.59 Å². The fraction of sp³-hybridized carbons (Fsp3) is 0.471. The minimum absolute atomic E-state index is 0.0874. The van der Waals surface area contributed by atoms with Crippen LogP contribution in [0.15, 0.2) is 24.5 Å². The summed E-state index contributed by atoms with van der Waals surface area (Å²) in [4.78, 5) is 33.3. The van der Waals surface area contributed by atoms with E-state index in [4.69, 9.17) is 4.74 Å². The summed E-state index contributed by atoms with van der Waals surface area (Å²) in [6, 6.07) is 5.52. The molecule has 7 heteroatoms. The Morgan fingerprint density at radius 1 is 1.38 bits per heavy atom. The second-order valence-corrected chi connectivity index (χ2v) is 6.01. The molecule has 0 aliphatic carbocycles. The number of benzene rings is 1. The van der Waals surface area contributed by atoms with Gasteiger partial charge in [-0.1, -0.05) is 0 Å². The highest BCUT2D eigenvalue weighted by molar-refractivity contribution is 5.97. The van der Waals surface area contributed by atoms with Crippen molar-refractivity contribution >= 4 is 22.8 Å². The molecule has 0 atom stereocenters. The summed E-state index contributed by atoms with van der Waals surface area (Å²) < 4.78 is 4.94. The Morgan fingerprint density at radius 2 is 2.17 bits per heavy atom. The zero-order valence-electron chi connectivity index (χ0n) is 13.7. The zero-order chi connectivity index (χ0) is 16.9. The number of nitrogens with one attached hydrogen (secondary N) is 2. The summed E-state index contributed by atoms with van der Waals surface area (Å²) in [7, 11) is 1.59. The first-order chi connectivity index (χ1) is 11.7. The van der Waals surface area contributed by atoms with Crippen molar-refractivity contribution in [2.24, 2.45) is 0 Å². The van der Waals surface area contributed by atoms with E-state index >= 15 is 0 Å². The van der Waals surface area contributed by atoms with Crippen molar-refractivity contribution in [3.05, 3.63) is 30.1 Å². The molecule has 1 saturated heterocycles. The van der Waals surface area contributed by atoms with E-state index in [2.05, 4.69) is 15.3 Å². The number of ether oxygens (including phenoxy) is 1. The van der Waals surface area contributed by atoms with Crippen LogP contribution in [-0.2, 0) is 9.53 Å². The molecule has 128 valence electrons. The average Bonchev–Trinajstić information content (AvgIpc) is 3.08. The van der Waals surface area contributed by atoms with Crippen LogP contribution >= 0.6 is 0 Å². The van der Waals surface area contributed by atoms with Crippen LogP contribution in [-0.4, -0.2) is 59.5 Å². The van der Waals surface area contributed by atoms with Gasteiger partial charge in [0.25, 0.3) is 5.91 Å². The molecule has 2 aromatic rings. The number of imidazole rings is 1. The minimum Gasteiger partial charge on any atom is -0.384 e. The van der Waals surface area contributed by atoms with Gasteiger partial charge in [0.1, 0.15) is 0 Å². The minimum atomic E-state index is -0.0874. The first-order valence-electron chi connectivity index (χ1n) is 8.18. The van der Waals surface area contributed by atoms with Gasteiger partial charge in [0.2, 0.25) is 5.91 Å². The van der Waals surface area contributed by atoms with Gasteiger partial charge in [0.15, 0.2) is 0 Å². The molecule has 7 nitrogen and oxygen atoms in total. The lowest BCUT2D eigenvalue weighted by atomic mass is 10.0. The average molecular weight is 330 g/mol. The van der Waals surface area contributed by atoms with Crippen molar-refractivity contribution in [2.45, 2.75) is 25.3 Å². The third-order valence-electron chi connectivity index (χ3n) is 4.39. The van der Waals surface area contributed by atoms with Crippen molar-refractivity contribution in [3.8, 4) is 0 Å². The van der Waals surface area contributed by atoms with Crippen molar-refractivity contribution in [1.82, 2.24) is 20.2 Å². The molecule has 2 amide bonds. The molecular weight excluding hydrogens is 308 g/mol. The Morgan fingerprint density at radius 3 is 2.92 bits per heavy atom. The van der Waals surface area contributed by atoms with E-state index in [1.807, 2.05) is 11.0 Å². The Labute approximate surface area is 140 Å². The predicted molar refractivity (Wildman–Crippen MR) is 89.7 cm³/mol. The van der Waals surface area contributed by atoms with Crippen molar-refractivity contribution in [3.63, 3.8) is 0 Å². The molecule has 1 aromatic heterocycles. The van der Waals surface area contributed by atoms with Gasteiger partial charge in [0, 0.05) is 31.8 Å². The van der Waals surface area contributed by atoms with Crippen molar-refractivity contribution in [2.75, 3.05) is 26.8 Å². The smallest absolute Gasteiger partial charge is 0.251 e. The summed E-state index contributed by atoms with van der Waals surface area (Å²) in [5.41, 5.74) is 2.31. The number of piperidine rings is 1. The van der Waals surface area contributed by atoms with E-state index in [1.165, 1.54) is 0 Å². The van der Waals surface area contributed by atoms with Crippen LogP contribution < -0.4 is 5.32 Å². The lowest BCUT2D eigenvalue weighted by Gasteiger charge is -2.32. The van der Waals surface area contributed by atoms with Gasteiger partial charge in [-0.3, -0.25) is 9.59 Å². The number of nitrogens with zero attached hydrogens (tertiary/aromatic N) is 2. The fourth-order valence-corrected chi connectivity index (χ4v) is 2.97. The molecule has 0 unspecified atom stereocenters. The van der Waals surface area contributed by atoms with Crippen LogP contribution in [0.3, 0.4) is 0 Å². The molecule has 1 aliphatic heterocycles. The third-order valence-corrected chi connectivity index (χ3v) is 4.39. The number of hydrogen-bond acceptors (Lipinski definition) is 4. The van der Waals surface area contributed by atoms with Gasteiger partial charge in [-0.25, -0.2) is 4.98 Å². The van der Waals surface area contributed by atoms with E-state index in [1.54, 1.807) is 25.6 Å². The van der Waals surface area contributed by atoms with Crippen LogP contribution in [0.25, 0.3) is 11.0 Å².